The van der Waals surface area contributed by atoms with Gasteiger partial charge in [0.25, 0.3) is 5.91 Å². The summed E-state index contributed by atoms with van der Waals surface area (Å²) in [6, 6.07) is 7.10. The summed E-state index contributed by atoms with van der Waals surface area (Å²) >= 11 is 7.41. The molecule has 0 aliphatic rings. The normalized spacial score (nSPS) is 10.5. The van der Waals surface area contributed by atoms with E-state index in [9.17, 15) is 9.59 Å². The number of anilines is 1. The lowest BCUT2D eigenvalue weighted by atomic mass is 10.1. The van der Waals surface area contributed by atoms with Crippen LogP contribution in [0.2, 0.25) is 5.02 Å². The van der Waals surface area contributed by atoms with Gasteiger partial charge in [-0.05, 0) is 49.6 Å². The van der Waals surface area contributed by atoms with E-state index in [0.29, 0.717) is 15.6 Å². The molecule has 0 radical (unpaired) electrons. The van der Waals surface area contributed by atoms with Crippen LogP contribution in [0, 0.1) is 13.8 Å². The molecule has 1 aromatic heterocycles. The SMILES string of the molecule is CCCc1cc(C(=O)OCC(=O)Nc2cccc(Cl)c2C)sc1C. The van der Waals surface area contributed by atoms with E-state index in [1.807, 2.05) is 19.9 Å². The van der Waals surface area contributed by atoms with Gasteiger partial charge in [0.05, 0.1) is 0 Å². The minimum Gasteiger partial charge on any atom is -0.451 e. The van der Waals surface area contributed by atoms with Gasteiger partial charge in [0.15, 0.2) is 6.61 Å². The van der Waals surface area contributed by atoms with Crippen molar-refractivity contribution in [3.8, 4) is 0 Å². The maximum Gasteiger partial charge on any atom is 0.348 e. The minimum atomic E-state index is -0.469. The molecule has 1 heterocycles. The Morgan fingerprint density at radius 1 is 1.29 bits per heavy atom. The van der Waals surface area contributed by atoms with Crippen LogP contribution in [0.1, 0.15) is 39.0 Å². The van der Waals surface area contributed by atoms with Crippen LogP contribution in [0.3, 0.4) is 0 Å². The van der Waals surface area contributed by atoms with E-state index in [-0.39, 0.29) is 6.61 Å². The third-order valence-electron chi connectivity index (χ3n) is 3.62. The predicted molar refractivity (Wildman–Crippen MR) is 98.2 cm³/mol. The van der Waals surface area contributed by atoms with Crippen LogP contribution in [-0.2, 0) is 16.0 Å². The lowest BCUT2D eigenvalue weighted by molar-refractivity contribution is -0.119. The second-order valence-electron chi connectivity index (χ2n) is 5.48. The van der Waals surface area contributed by atoms with E-state index in [1.165, 1.54) is 11.3 Å². The fourth-order valence-corrected chi connectivity index (χ4v) is 3.41. The van der Waals surface area contributed by atoms with Crippen molar-refractivity contribution in [2.75, 3.05) is 11.9 Å². The molecule has 1 amide bonds. The Balaban J connectivity index is 1.92. The van der Waals surface area contributed by atoms with E-state index in [4.69, 9.17) is 16.3 Å². The molecule has 0 bridgehead atoms. The van der Waals surface area contributed by atoms with Crippen molar-refractivity contribution in [3.05, 3.63) is 50.2 Å². The Morgan fingerprint density at radius 3 is 2.75 bits per heavy atom. The first-order chi connectivity index (χ1) is 11.4. The molecule has 24 heavy (non-hydrogen) atoms. The number of nitrogens with one attached hydrogen (secondary N) is 1. The molecule has 0 saturated carbocycles. The standard InChI is InChI=1S/C18H20ClNO3S/c1-4-6-13-9-16(24-12(13)3)18(22)23-10-17(21)20-15-8-5-7-14(19)11(15)2/h5,7-9H,4,6,10H2,1-3H3,(H,20,21). The Kier molecular flexibility index (Phi) is 6.40. The average molecular weight is 366 g/mol. The van der Waals surface area contributed by atoms with Gasteiger partial charge in [0, 0.05) is 15.6 Å². The van der Waals surface area contributed by atoms with Crippen molar-refractivity contribution in [3.63, 3.8) is 0 Å². The summed E-state index contributed by atoms with van der Waals surface area (Å²) in [6.45, 7) is 5.57. The lowest BCUT2D eigenvalue weighted by Crippen LogP contribution is -2.21. The molecule has 1 N–H and O–H groups in total. The summed E-state index contributed by atoms with van der Waals surface area (Å²) in [5, 5.41) is 3.27. The van der Waals surface area contributed by atoms with Crippen LogP contribution >= 0.6 is 22.9 Å². The molecule has 0 fully saturated rings. The maximum atomic E-state index is 12.1. The van der Waals surface area contributed by atoms with Gasteiger partial charge in [-0.15, -0.1) is 11.3 Å². The molecular weight excluding hydrogens is 346 g/mol. The van der Waals surface area contributed by atoms with Gasteiger partial charge < -0.3 is 10.1 Å². The van der Waals surface area contributed by atoms with E-state index in [2.05, 4.69) is 12.2 Å². The van der Waals surface area contributed by atoms with Crippen molar-refractivity contribution < 1.29 is 14.3 Å². The van der Waals surface area contributed by atoms with Gasteiger partial charge in [-0.1, -0.05) is 31.0 Å². The van der Waals surface area contributed by atoms with Crippen LogP contribution < -0.4 is 5.32 Å². The van der Waals surface area contributed by atoms with Gasteiger partial charge in [0.2, 0.25) is 0 Å². The summed E-state index contributed by atoms with van der Waals surface area (Å²) < 4.78 is 5.11. The van der Waals surface area contributed by atoms with Crippen LogP contribution in [0.5, 0.6) is 0 Å². The zero-order valence-corrected chi connectivity index (χ0v) is 15.5. The molecular formula is C18H20ClNO3S. The van der Waals surface area contributed by atoms with Gasteiger partial charge in [-0.3, -0.25) is 4.79 Å². The molecule has 128 valence electrons. The Labute approximate surface area is 150 Å². The largest absolute Gasteiger partial charge is 0.451 e. The zero-order chi connectivity index (χ0) is 17.7. The van der Waals surface area contributed by atoms with Gasteiger partial charge in [-0.25, -0.2) is 4.79 Å². The molecule has 2 aromatic rings. The summed E-state index contributed by atoms with van der Waals surface area (Å²) in [5.74, 6) is -0.862. The molecule has 0 unspecified atom stereocenters. The number of carbonyl (C=O) groups is 2. The van der Waals surface area contributed by atoms with Crippen molar-refractivity contribution in [2.45, 2.75) is 33.6 Å². The zero-order valence-electron chi connectivity index (χ0n) is 13.9. The maximum absolute atomic E-state index is 12.1. The van der Waals surface area contributed by atoms with E-state index < -0.39 is 11.9 Å². The van der Waals surface area contributed by atoms with Gasteiger partial charge >= 0.3 is 5.97 Å². The van der Waals surface area contributed by atoms with Gasteiger partial charge in [0.1, 0.15) is 4.88 Å². The Morgan fingerprint density at radius 2 is 2.04 bits per heavy atom. The molecule has 0 spiro atoms. The first-order valence-corrected chi connectivity index (χ1v) is 8.93. The summed E-state index contributed by atoms with van der Waals surface area (Å²) in [5.41, 5.74) is 2.55. The van der Waals surface area contributed by atoms with E-state index in [1.54, 1.807) is 18.2 Å². The number of carbonyl (C=O) groups excluding carboxylic acids is 2. The van der Waals surface area contributed by atoms with Crippen molar-refractivity contribution >= 4 is 40.5 Å². The molecule has 0 aliphatic heterocycles. The smallest absolute Gasteiger partial charge is 0.348 e. The summed E-state index contributed by atoms with van der Waals surface area (Å²) in [7, 11) is 0. The number of thiophene rings is 1. The number of hydrogen-bond acceptors (Lipinski definition) is 4. The average Bonchev–Trinajstić information content (AvgIpc) is 2.91. The number of rotatable bonds is 6. The van der Waals surface area contributed by atoms with Crippen LogP contribution in [0.15, 0.2) is 24.3 Å². The molecule has 0 aliphatic carbocycles. The first-order valence-electron chi connectivity index (χ1n) is 7.73. The summed E-state index contributed by atoms with van der Waals surface area (Å²) in [6.07, 6.45) is 1.96. The monoisotopic (exact) mass is 365 g/mol. The fraction of sp³-hybridized carbons (Fsp3) is 0.333. The van der Waals surface area contributed by atoms with Crippen LogP contribution in [0.4, 0.5) is 5.69 Å². The highest BCUT2D eigenvalue weighted by Crippen LogP contribution is 2.24. The number of hydrogen-bond donors (Lipinski definition) is 1. The van der Waals surface area contributed by atoms with E-state index in [0.717, 1.165) is 28.8 Å². The third-order valence-corrected chi connectivity index (χ3v) is 5.10. The number of benzene rings is 1. The second-order valence-corrected chi connectivity index (χ2v) is 7.14. The lowest BCUT2D eigenvalue weighted by Gasteiger charge is -2.09. The highest BCUT2D eigenvalue weighted by molar-refractivity contribution is 7.14. The van der Waals surface area contributed by atoms with Crippen molar-refractivity contribution in [1.82, 2.24) is 0 Å². The molecule has 4 nitrogen and oxygen atoms in total. The number of halogens is 1. The highest BCUT2D eigenvalue weighted by Gasteiger charge is 2.15. The van der Waals surface area contributed by atoms with Gasteiger partial charge in [-0.2, -0.15) is 0 Å². The van der Waals surface area contributed by atoms with Crippen molar-refractivity contribution in [2.24, 2.45) is 0 Å². The highest BCUT2D eigenvalue weighted by atomic mass is 35.5. The third kappa shape index (κ3) is 4.58. The summed E-state index contributed by atoms with van der Waals surface area (Å²) in [4.78, 5) is 25.7. The second kappa shape index (κ2) is 8.31. The number of aryl methyl sites for hydroxylation is 2. The molecule has 0 saturated heterocycles. The Bertz CT molecular complexity index is 755. The first kappa shape index (κ1) is 18.5. The number of amides is 1. The fourth-order valence-electron chi connectivity index (χ4n) is 2.27. The topological polar surface area (TPSA) is 55.4 Å². The molecule has 0 atom stereocenters. The molecule has 1 aromatic carbocycles. The van der Waals surface area contributed by atoms with E-state index >= 15 is 0 Å². The number of ether oxygens (including phenoxy) is 1. The Hall–Kier alpha value is -1.85. The van der Waals surface area contributed by atoms with Crippen LogP contribution in [-0.4, -0.2) is 18.5 Å². The quantitative estimate of drug-likeness (QED) is 0.750. The predicted octanol–water partition coefficient (Wildman–Crippen LogP) is 4.77. The molecule has 6 heteroatoms. The van der Waals surface area contributed by atoms with Crippen molar-refractivity contribution in [1.29, 1.82) is 0 Å². The molecule has 2 rings (SSSR count). The van der Waals surface area contributed by atoms with Crippen LogP contribution in [0.25, 0.3) is 0 Å². The number of esters is 1. The minimum absolute atomic E-state index is 0.329.